The quantitative estimate of drug-likeness (QED) is 0.772. The molecule has 0 unspecified atom stereocenters. The van der Waals surface area contributed by atoms with Gasteiger partial charge in [-0.3, -0.25) is 9.78 Å². The Hall–Kier alpha value is -2.23. The zero-order valence-corrected chi connectivity index (χ0v) is 10.4. The number of aryl methyl sites for hydroxylation is 1. The van der Waals surface area contributed by atoms with E-state index in [4.69, 9.17) is 4.74 Å². The van der Waals surface area contributed by atoms with E-state index in [-0.39, 0.29) is 5.78 Å². The zero-order chi connectivity index (χ0) is 13.0. The molecule has 2 aromatic rings. The summed E-state index contributed by atoms with van der Waals surface area (Å²) in [6, 6.07) is 5.19. The highest BCUT2D eigenvalue weighted by atomic mass is 16.5. The molecule has 2 rings (SSSR count). The Morgan fingerprint density at radius 3 is 2.89 bits per heavy atom. The van der Waals surface area contributed by atoms with E-state index >= 15 is 0 Å². The summed E-state index contributed by atoms with van der Waals surface area (Å²) in [7, 11) is 1.53. The van der Waals surface area contributed by atoms with Crippen molar-refractivity contribution < 1.29 is 9.53 Å². The van der Waals surface area contributed by atoms with Gasteiger partial charge in [0.05, 0.1) is 7.11 Å². The van der Waals surface area contributed by atoms with Crippen molar-refractivity contribution in [2.45, 2.75) is 13.3 Å². The molecule has 2 heterocycles. The van der Waals surface area contributed by atoms with Crippen LogP contribution in [0.4, 0.5) is 0 Å². The number of aromatic nitrogens is 2. The smallest absolute Gasteiger partial charge is 0.215 e. The second kappa shape index (κ2) is 5.40. The normalized spacial score (nSPS) is 10.1. The molecule has 0 saturated carbocycles. The van der Waals surface area contributed by atoms with Crippen molar-refractivity contribution in [1.82, 2.24) is 9.97 Å². The van der Waals surface area contributed by atoms with Crippen molar-refractivity contribution in [3.63, 3.8) is 0 Å². The number of hydrogen-bond acceptors (Lipinski definition) is 4. The maximum absolute atomic E-state index is 12.4. The monoisotopic (exact) mass is 242 g/mol. The second-order valence-electron chi connectivity index (χ2n) is 3.77. The first-order valence-electron chi connectivity index (χ1n) is 5.74. The molecule has 0 saturated heterocycles. The number of nitrogens with zero attached hydrogens (tertiary/aromatic N) is 2. The highest BCUT2D eigenvalue weighted by Crippen LogP contribution is 2.20. The molecule has 0 bridgehead atoms. The largest absolute Gasteiger partial charge is 0.494 e. The third-order valence-electron chi connectivity index (χ3n) is 2.73. The van der Waals surface area contributed by atoms with Crippen molar-refractivity contribution >= 4 is 5.78 Å². The summed E-state index contributed by atoms with van der Waals surface area (Å²) in [4.78, 5) is 20.6. The van der Waals surface area contributed by atoms with Crippen LogP contribution >= 0.6 is 0 Å². The van der Waals surface area contributed by atoms with Gasteiger partial charge in [0, 0.05) is 24.2 Å². The molecule has 0 N–H and O–H groups in total. The molecule has 0 aliphatic rings. The lowest BCUT2D eigenvalue weighted by atomic mass is 10.0. The number of ether oxygens (including phenoxy) is 1. The van der Waals surface area contributed by atoms with E-state index in [1.54, 1.807) is 36.8 Å². The highest BCUT2D eigenvalue weighted by Gasteiger charge is 2.17. The van der Waals surface area contributed by atoms with Gasteiger partial charge in [-0.25, -0.2) is 4.98 Å². The van der Waals surface area contributed by atoms with Gasteiger partial charge < -0.3 is 4.74 Å². The average Bonchev–Trinajstić information content (AvgIpc) is 2.46. The Bertz CT molecular complexity index is 518. The summed E-state index contributed by atoms with van der Waals surface area (Å²) in [5, 5.41) is 0. The number of ketones is 1. The van der Waals surface area contributed by atoms with Gasteiger partial charge in [0.15, 0.2) is 5.69 Å². The van der Waals surface area contributed by atoms with Gasteiger partial charge in [0.2, 0.25) is 5.78 Å². The summed E-state index contributed by atoms with van der Waals surface area (Å²) >= 11 is 0. The van der Waals surface area contributed by atoms with Crippen molar-refractivity contribution in [3.8, 4) is 5.75 Å². The minimum absolute atomic E-state index is 0.133. The first kappa shape index (κ1) is 12.2. The Morgan fingerprint density at radius 1 is 1.33 bits per heavy atom. The summed E-state index contributed by atoms with van der Waals surface area (Å²) < 4.78 is 5.16. The van der Waals surface area contributed by atoms with Crippen LogP contribution in [-0.4, -0.2) is 22.9 Å². The molecule has 4 nitrogen and oxygen atoms in total. The molecule has 18 heavy (non-hydrogen) atoms. The number of carbonyl (C=O) groups is 1. The van der Waals surface area contributed by atoms with Gasteiger partial charge >= 0.3 is 0 Å². The molecule has 0 aliphatic heterocycles. The van der Waals surface area contributed by atoms with Gasteiger partial charge in [-0.05, 0) is 30.2 Å². The van der Waals surface area contributed by atoms with Crippen molar-refractivity contribution in [3.05, 3.63) is 53.6 Å². The SMILES string of the molecule is CCc1cnccc1C(=O)c1ncccc1OC. The summed E-state index contributed by atoms with van der Waals surface area (Å²) in [6.45, 7) is 1.99. The molecule has 4 heteroatoms. The summed E-state index contributed by atoms with van der Waals surface area (Å²) in [5.41, 5.74) is 1.88. The molecule has 0 aliphatic carbocycles. The average molecular weight is 242 g/mol. The van der Waals surface area contributed by atoms with Crippen LogP contribution in [0.3, 0.4) is 0 Å². The second-order valence-corrected chi connectivity index (χ2v) is 3.77. The Labute approximate surface area is 106 Å². The van der Waals surface area contributed by atoms with Crippen LogP contribution < -0.4 is 4.74 Å². The molecule has 0 radical (unpaired) electrons. The van der Waals surface area contributed by atoms with Gasteiger partial charge in [0.25, 0.3) is 0 Å². The zero-order valence-electron chi connectivity index (χ0n) is 10.4. The predicted octanol–water partition coefficient (Wildman–Crippen LogP) is 2.28. The number of rotatable bonds is 4. The van der Waals surface area contributed by atoms with Crippen molar-refractivity contribution in [1.29, 1.82) is 0 Å². The Balaban J connectivity index is 2.48. The number of hydrogen-bond donors (Lipinski definition) is 0. The first-order chi connectivity index (χ1) is 8.77. The van der Waals surface area contributed by atoms with Crippen LogP contribution in [0.15, 0.2) is 36.8 Å². The molecular formula is C14H14N2O2. The van der Waals surface area contributed by atoms with Crippen LogP contribution in [-0.2, 0) is 6.42 Å². The van der Waals surface area contributed by atoms with Crippen LogP contribution in [0, 0.1) is 0 Å². The first-order valence-corrected chi connectivity index (χ1v) is 5.74. The molecule has 92 valence electrons. The Morgan fingerprint density at radius 2 is 2.17 bits per heavy atom. The summed E-state index contributed by atoms with van der Waals surface area (Å²) in [6.07, 6.45) is 5.66. The van der Waals surface area contributed by atoms with E-state index in [1.165, 1.54) is 7.11 Å². The summed E-state index contributed by atoms with van der Waals surface area (Å²) in [5.74, 6) is 0.355. The van der Waals surface area contributed by atoms with E-state index in [1.807, 2.05) is 6.92 Å². The number of pyridine rings is 2. The lowest BCUT2D eigenvalue weighted by molar-refractivity contribution is 0.103. The minimum atomic E-state index is -0.133. The molecular weight excluding hydrogens is 228 g/mol. The molecule has 0 spiro atoms. The van der Waals surface area contributed by atoms with E-state index in [9.17, 15) is 4.79 Å². The lowest BCUT2D eigenvalue weighted by Crippen LogP contribution is -2.09. The Kier molecular flexibility index (Phi) is 3.67. The fourth-order valence-electron chi connectivity index (χ4n) is 1.78. The molecule has 0 amide bonds. The fraction of sp³-hybridized carbons (Fsp3) is 0.214. The molecule has 0 atom stereocenters. The number of methoxy groups -OCH3 is 1. The van der Waals surface area contributed by atoms with Crippen LogP contribution in [0.2, 0.25) is 0 Å². The standard InChI is InChI=1S/C14H14N2O2/c1-3-10-9-15-8-6-11(10)14(17)13-12(18-2)5-4-7-16-13/h4-9H,3H2,1-2H3. The fourth-order valence-corrected chi connectivity index (χ4v) is 1.78. The lowest BCUT2D eigenvalue weighted by Gasteiger charge is -2.08. The van der Waals surface area contributed by atoms with Gasteiger partial charge in [-0.15, -0.1) is 0 Å². The maximum Gasteiger partial charge on any atom is 0.215 e. The molecule has 2 aromatic heterocycles. The third kappa shape index (κ3) is 2.22. The van der Waals surface area contributed by atoms with Crippen molar-refractivity contribution in [2.24, 2.45) is 0 Å². The molecule has 0 fully saturated rings. The maximum atomic E-state index is 12.4. The number of carbonyl (C=O) groups excluding carboxylic acids is 1. The minimum Gasteiger partial charge on any atom is -0.494 e. The predicted molar refractivity (Wildman–Crippen MR) is 67.8 cm³/mol. The van der Waals surface area contributed by atoms with E-state index in [2.05, 4.69) is 9.97 Å². The van der Waals surface area contributed by atoms with Gasteiger partial charge in [0.1, 0.15) is 5.75 Å². The highest BCUT2D eigenvalue weighted by molar-refractivity contribution is 6.10. The van der Waals surface area contributed by atoms with Crippen molar-refractivity contribution in [2.75, 3.05) is 7.11 Å². The third-order valence-corrected chi connectivity index (χ3v) is 2.73. The van der Waals surface area contributed by atoms with E-state index in [0.29, 0.717) is 17.0 Å². The van der Waals surface area contributed by atoms with Crippen LogP contribution in [0.5, 0.6) is 5.75 Å². The van der Waals surface area contributed by atoms with Gasteiger partial charge in [-0.1, -0.05) is 6.92 Å². The van der Waals surface area contributed by atoms with Crippen LogP contribution in [0.25, 0.3) is 0 Å². The van der Waals surface area contributed by atoms with E-state index in [0.717, 1.165) is 12.0 Å². The topological polar surface area (TPSA) is 52.1 Å². The van der Waals surface area contributed by atoms with E-state index < -0.39 is 0 Å². The van der Waals surface area contributed by atoms with Crippen LogP contribution in [0.1, 0.15) is 28.5 Å². The van der Waals surface area contributed by atoms with Gasteiger partial charge in [-0.2, -0.15) is 0 Å². The molecule has 0 aromatic carbocycles.